The highest BCUT2D eigenvalue weighted by Gasteiger charge is 2.28. The Hall–Kier alpha value is -2.41. The highest BCUT2D eigenvalue weighted by molar-refractivity contribution is 5.63. The van der Waals surface area contributed by atoms with Crippen molar-refractivity contribution in [3.05, 3.63) is 42.9 Å². The Labute approximate surface area is 139 Å². The van der Waals surface area contributed by atoms with E-state index in [4.69, 9.17) is 4.42 Å². The molecule has 0 aliphatic carbocycles. The number of nitrogens with zero attached hydrogens (tertiary/aromatic N) is 5. The number of fused-ring (bicyclic) bond motifs is 1. The third-order valence-electron chi connectivity index (χ3n) is 4.71. The molecule has 0 radical (unpaired) electrons. The first kappa shape index (κ1) is 15.1. The normalized spacial score (nSPS) is 20.2. The maximum absolute atomic E-state index is 10.5. The zero-order valence-electron chi connectivity index (χ0n) is 13.5. The van der Waals surface area contributed by atoms with Gasteiger partial charge in [0.1, 0.15) is 18.2 Å². The molecular formula is C17H21N5O2. The Morgan fingerprint density at radius 1 is 1.33 bits per heavy atom. The van der Waals surface area contributed by atoms with Crippen molar-refractivity contribution in [1.29, 1.82) is 0 Å². The summed E-state index contributed by atoms with van der Waals surface area (Å²) in [6.07, 6.45) is 11.4. The van der Waals surface area contributed by atoms with Crippen molar-refractivity contribution < 1.29 is 9.52 Å². The number of aliphatic hydroxyl groups excluding tert-OH is 1. The second-order valence-electron chi connectivity index (χ2n) is 6.28. The molecule has 1 saturated heterocycles. The second-order valence-corrected chi connectivity index (χ2v) is 6.28. The van der Waals surface area contributed by atoms with Gasteiger partial charge in [-0.3, -0.25) is 4.40 Å². The van der Waals surface area contributed by atoms with Gasteiger partial charge in [0, 0.05) is 31.4 Å². The highest BCUT2D eigenvalue weighted by atomic mass is 16.4. The zero-order chi connectivity index (χ0) is 16.4. The molecule has 4 heterocycles. The molecular weight excluding hydrogens is 306 g/mol. The van der Waals surface area contributed by atoms with Crippen LogP contribution < -0.4 is 4.90 Å². The largest absolute Gasteiger partial charge is 0.467 e. The fourth-order valence-corrected chi connectivity index (χ4v) is 3.50. The fourth-order valence-electron chi connectivity index (χ4n) is 3.50. The predicted octanol–water partition coefficient (Wildman–Crippen LogP) is 2.59. The lowest BCUT2D eigenvalue weighted by molar-refractivity contribution is 0.129. The van der Waals surface area contributed by atoms with Crippen LogP contribution in [-0.2, 0) is 0 Å². The lowest BCUT2D eigenvalue weighted by Crippen LogP contribution is -2.37. The van der Waals surface area contributed by atoms with Gasteiger partial charge in [-0.1, -0.05) is 12.8 Å². The Bertz CT molecular complexity index is 785. The van der Waals surface area contributed by atoms with Gasteiger partial charge in [0.15, 0.2) is 5.82 Å². The Morgan fingerprint density at radius 2 is 2.29 bits per heavy atom. The van der Waals surface area contributed by atoms with Crippen molar-refractivity contribution in [1.82, 2.24) is 19.6 Å². The second kappa shape index (κ2) is 6.60. The van der Waals surface area contributed by atoms with Crippen LogP contribution >= 0.6 is 0 Å². The maximum atomic E-state index is 10.5. The molecule has 1 N–H and O–H groups in total. The summed E-state index contributed by atoms with van der Waals surface area (Å²) in [5, 5.41) is 18.7. The number of furan rings is 1. The fraction of sp³-hybridized carbons (Fsp3) is 0.471. The van der Waals surface area contributed by atoms with E-state index in [1.165, 1.54) is 6.42 Å². The van der Waals surface area contributed by atoms with Crippen LogP contribution in [0.5, 0.6) is 0 Å². The van der Waals surface area contributed by atoms with E-state index in [1.54, 1.807) is 18.8 Å². The SMILES string of the molecule is O[C@H](C[C@@H]1CCCCCN1c1nccn2cnnc12)c1ccco1. The van der Waals surface area contributed by atoms with Crippen LogP contribution in [0.1, 0.15) is 44.0 Å². The third kappa shape index (κ3) is 2.87. The predicted molar refractivity (Wildman–Crippen MR) is 88.7 cm³/mol. The molecule has 0 bridgehead atoms. The molecule has 7 heteroatoms. The molecule has 0 saturated carbocycles. The van der Waals surface area contributed by atoms with Gasteiger partial charge >= 0.3 is 0 Å². The molecule has 1 fully saturated rings. The number of aromatic nitrogens is 4. The lowest BCUT2D eigenvalue weighted by atomic mass is 10.0. The first-order valence-corrected chi connectivity index (χ1v) is 8.45. The van der Waals surface area contributed by atoms with Crippen molar-refractivity contribution in [2.45, 2.75) is 44.2 Å². The number of anilines is 1. The van der Waals surface area contributed by atoms with Gasteiger partial charge in [0.25, 0.3) is 0 Å². The summed E-state index contributed by atoms with van der Waals surface area (Å²) in [6.45, 7) is 0.912. The summed E-state index contributed by atoms with van der Waals surface area (Å²) in [4.78, 5) is 6.84. The summed E-state index contributed by atoms with van der Waals surface area (Å²) in [6, 6.07) is 3.83. The Kier molecular flexibility index (Phi) is 4.17. The summed E-state index contributed by atoms with van der Waals surface area (Å²) in [5.41, 5.74) is 0.761. The minimum Gasteiger partial charge on any atom is -0.467 e. The van der Waals surface area contributed by atoms with Crippen molar-refractivity contribution in [2.75, 3.05) is 11.4 Å². The van der Waals surface area contributed by atoms with Gasteiger partial charge in [-0.2, -0.15) is 0 Å². The number of hydrogen-bond donors (Lipinski definition) is 1. The highest BCUT2D eigenvalue weighted by Crippen LogP contribution is 2.30. The molecule has 7 nitrogen and oxygen atoms in total. The van der Waals surface area contributed by atoms with E-state index in [2.05, 4.69) is 20.1 Å². The van der Waals surface area contributed by atoms with Crippen LogP contribution in [0.25, 0.3) is 5.65 Å². The van der Waals surface area contributed by atoms with Gasteiger partial charge in [-0.05, 0) is 25.0 Å². The van der Waals surface area contributed by atoms with Crippen molar-refractivity contribution >= 4 is 11.5 Å². The van der Waals surface area contributed by atoms with E-state index >= 15 is 0 Å². The number of hydrogen-bond acceptors (Lipinski definition) is 6. The molecule has 3 aromatic heterocycles. The van der Waals surface area contributed by atoms with Crippen LogP contribution in [-0.4, -0.2) is 37.3 Å². The molecule has 3 aromatic rings. The smallest absolute Gasteiger partial charge is 0.203 e. The molecule has 1 aliphatic rings. The van der Waals surface area contributed by atoms with E-state index in [1.807, 2.05) is 22.7 Å². The quantitative estimate of drug-likeness (QED) is 0.793. The molecule has 1 aliphatic heterocycles. The summed E-state index contributed by atoms with van der Waals surface area (Å²) >= 11 is 0. The topological polar surface area (TPSA) is 79.7 Å². The van der Waals surface area contributed by atoms with Crippen LogP contribution in [0.2, 0.25) is 0 Å². The lowest BCUT2D eigenvalue weighted by Gasteiger charge is -2.32. The average molecular weight is 327 g/mol. The van der Waals surface area contributed by atoms with Gasteiger partial charge in [-0.25, -0.2) is 4.98 Å². The molecule has 0 amide bonds. The molecule has 0 aromatic carbocycles. The maximum Gasteiger partial charge on any atom is 0.203 e. The van der Waals surface area contributed by atoms with E-state index in [0.29, 0.717) is 12.2 Å². The zero-order valence-corrected chi connectivity index (χ0v) is 13.5. The van der Waals surface area contributed by atoms with E-state index in [0.717, 1.165) is 37.3 Å². The molecule has 126 valence electrons. The molecule has 4 rings (SSSR count). The standard InChI is InChI=1S/C17H21N5O2/c23-14(15-6-4-10-24-15)11-13-5-2-1-3-8-22(13)16-17-20-19-12-21(17)9-7-18-16/h4,6-7,9-10,12-14,23H,1-3,5,8,11H2/t13-,14+/m0/s1. The van der Waals surface area contributed by atoms with Crippen LogP contribution in [0.15, 0.2) is 41.5 Å². The number of rotatable bonds is 4. The minimum atomic E-state index is -0.608. The van der Waals surface area contributed by atoms with Crippen LogP contribution in [0, 0.1) is 0 Å². The van der Waals surface area contributed by atoms with Gasteiger partial charge in [0.05, 0.1) is 6.26 Å². The summed E-state index contributed by atoms with van der Waals surface area (Å²) in [5.74, 6) is 1.46. The van der Waals surface area contributed by atoms with Gasteiger partial charge in [-0.15, -0.1) is 10.2 Å². The van der Waals surface area contributed by atoms with Gasteiger partial charge in [0.2, 0.25) is 5.65 Å². The van der Waals surface area contributed by atoms with E-state index < -0.39 is 6.10 Å². The van der Waals surface area contributed by atoms with Crippen molar-refractivity contribution in [3.8, 4) is 0 Å². The van der Waals surface area contributed by atoms with E-state index in [9.17, 15) is 5.11 Å². The Balaban J connectivity index is 1.64. The van der Waals surface area contributed by atoms with Crippen molar-refractivity contribution in [2.24, 2.45) is 0 Å². The average Bonchev–Trinajstić information content (AvgIpc) is 3.24. The molecule has 0 unspecified atom stereocenters. The summed E-state index contributed by atoms with van der Waals surface area (Å²) < 4.78 is 7.24. The first-order valence-electron chi connectivity index (χ1n) is 8.45. The van der Waals surface area contributed by atoms with Crippen LogP contribution in [0.3, 0.4) is 0 Å². The first-order chi connectivity index (χ1) is 11.8. The molecule has 0 spiro atoms. The Morgan fingerprint density at radius 3 is 3.17 bits per heavy atom. The minimum absolute atomic E-state index is 0.197. The van der Waals surface area contributed by atoms with Crippen molar-refractivity contribution in [3.63, 3.8) is 0 Å². The third-order valence-corrected chi connectivity index (χ3v) is 4.71. The van der Waals surface area contributed by atoms with Gasteiger partial charge < -0.3 is 14.4 Å². The monoisotopic (exact) mass is 327 g/mol. The van der Waals surface area contributed by atoms with Crippen LogP contribution in [0.4, 0.5) is 5.82 Å². The molecule has 2 atom stereocenters. The van der Waals surface area contributed by atoms with E-state index in [-0.39, 0.29) is 6.04 Å². The molecule has 24 heavy (non-hydrogen) atoms. The summed E-state index contributed by atoms with van der Waals surface area (Å²) in [7, 11) is 0. The number of aliphatic hydroxyl groups is 1.